The Labute approximate surface area is 370 Å². The summed E-state index contributed by atoms with van der Waals surface area (Å²) < 4.78 is 21.9. The summed E-state index contributed by atoms with van der Waals surface area (Å²) in [5, 5.41) is 0. The van der Waals surface area contributed by atoms with Crippen molar-refractivity contribution in [2.75, 3.05) is 14.2 Å². The molecule has 12 heteroatoms. The molecule has 5 aromatic rings. The molecule has 3 aliphatic rings. The normalized spacial score (nSPS) is 16.6. The number of hydrogen-bond acceptors (Lipinski definition) is 10. The molecule has 8 bridgehead atoms. The highest BCUT2D eigenvalue weighted by Crippen LogP contribution is 2.52. The molecule has 0 amide bonds. The van der Waals surface area contributed by atoms with Crippen molar-refractivity contribution in [2.45, 2.75) is 58.8 Å². The molecule has 0 unspecified atom stereocenters. The molecule has 2 aliphatic heterocycles. The number of nitrogens with zero attached hydrogens (tertiary/aromatic N) is 2. The molecule has 324 valence electrons. The maximum atomic E-state index is 13.9. The number of rotatable bonds is 11. The van der Waals surface area contributed by atoms with Gasteiger partial charge in [-0.25, -0.2) is 9.78 Å². The molecule has 0 spiro atoms. The van der Waals surface area contributed by atoms with Gasteiger partial charge in [0.15, 0.2) is 0 Å². The molecule has 3 aromatic heterocycles. The van der Waals surface area contributed by atoms with Gasteiger partial charge in [0, 0.05) is 27.6 Å². The van der Waals surface area contributed by atoms with Gasteiger partial charge in [-0.3, -0.25) is 19.4 Å². The number of carbonyl (C=O) groups is 4. The first-order chi connectivity index (χ1) is 30.8. The van der Waals surface area contributed by atoms with Gasteiger partial charge < -0.3 is 28.9 Å². The SMILES string of the molecule is C=Cc1c(C)c2cc3nc(cc4[nH]c(cc5nc(cc1[nH]2)[C@@]1(C)C5=CC=C(C(=O)OC)[C@H]1C(=O)OC)c(C)c4CCC(=O)Oc1ccccc1)C(CCC(=O)Oc1ccccc1)=C3C. The van der Waals surface area contributed by atoms with Crippen molar-refractivity contribution < 1.29 is 38.1 Å². The fraction of sp³-hybridized carbons (Fsp3) is 0.231. The molecule has 0 saturated heterocycles. The maximum absolute atomic E-state index is 13.9. The molecule has 2 aromatic carbocycles. The van der Waals surface area contributed by atoms with Gasteiger partial charge in [-0.2, -0.15) is 0 Å². The van der Waals surface area contributed by atoms with Gasteiger partial charge in [0.2, 0.25) is 0 Å². The lowest BCUT2D eigenvalue weighted by Gasteiger charge is -2.36. The molecular formula is C52H48N4O8. The van der Waals surface area contributed by atoms with Crippen LogP contribution >= 0.6 is 0 Å². The highest BCUT2D eigenvalue weighted by Gasteiger charge is 2.53. The van der Waals surface area contributed by atoms with Crippen LogP contribution in [-0.2, 0) is 40.5 Å². The third kappa shape index (κ3) is 7.98. The monoisotopic (exact) mass is 856 g/mol. The van der Waals surface area contributed by atoms with E-state index in [-0.39, 0.29) is 24.4 Å². The number of aryl methyl sites for hydroxylation is 3. The molecule has 12 nitrogen and oxygen atoms in total. The van der Waals surface area contributed by atoms with Crippen LogP contribution in [0.3, 0.4) is 0 Å². The van der Waals surface area contributed by atoms with Crippen LogP contribution in [0, 0.1) is 19.8 Å². The van der Waals surface area contributed by atoms with Crippen LogP contribution in [-0.4, -0.2) is 58.0 Å². The number of hydrogen-bond donors (Lipinski definition) is 2. The lowest BCUT2D eigenvalue weighted by Crippen LogP contribution is -2.42. The average molecular weight is 857 g/mol. The number of fused-ring (bicyclic) bond motifs is 11. The summed E-state index contributed by atoms with van der Waals surface area (Å²) >= 11 is 0. The summed E-state index contributed by atoms with van der Waals surface area (Å²) in [5.74, 6) is -2.20. The molecule has 5 heterocycles. The number of esters is 4. The second kappa shape index (κ2) is 17.6. The average Bonchev–Trinajstić information content (AvgIpc) is 3.95. The second-order valence-corrected chi connectivity index (χ2v) is 16.1. The molecule has 0 radical (unpaired) electrons. The van der Waals surface area contributed by atoms with Crippen molar-refractivity contribution in [3.63, 3.8) is 0 Å². The number of aromatic nitrogens is 4. The van der Waals surface area contributed by atoms with Crippen molar-refractivity contribution >= 4 is 68.7 Å². The molecular weight excluding hydrogens is 809 g/mol. The van der Waals surface area contributed by atoms with Gasteiger partial charge in [-0.15, -0.1) is 0 Å². The molecule has 1 aliphatic carbocycles. The van der Waals surface area contributed by atoms with Crippen LogP contribution in [0.5, 0.6) is 11.5 Å². The fourth-order valence-electron chi connectivity index (χ4n) is 8.92. The van der Waals surface area contributed by atoms with E-state index in [1.807, 2.05) is 94.4 Å². The topological polar surface area (TPSA) is 163 Å². The van der Waals surface area contributed by atoms with Gasteiger partial charge in [0.05, 0.1) is 60.8 Å². The number of carbonyl (C=O) groups excluding carboxylic acids is 4. The van der Waals surface area contributed by atoms with Crippen molar-refractivity contribution in [1.82, 2.24) is 19.9 Å². The summed E-state index contributed by atoms with van der Waals surface area (Å²) in [5.41, 5.74) is 10.1. The summed E-state index contributed by atoms with van der Waals surface area (Å²) in [6, 6.07) is 25.7. The van der Waals surface area contributed by atoms with E-state index in [1.54, 1.807) is 36.4 Å². The summed E-state index contributed by atoms with van der Waals surface area (Å²) in [6.07, 6.45) is 6.04. The van der Waals surface area contributed by atoms with Gasteiger partial charge in [0.1, 0.15) is 17.4 Å². The highest BCUT2D eigenvalue weighted by molar-refractivity contribution is 6.02. The van der Waals surface area contributed by atoms with E-state index in [0.717, 1.165) is 38.9 Å². The largest absolute Gasteiger partial charge is 0.469 e. The number of nitrogens with one attached hydrogen (secondary N) is 2. The number of para-hydroxylation sites is 2. The zero-order chi connectivity index (χ0) is 45.3. The van der Waals surface area contributed by atoms with Crippen LogP contribution in [0.2, 0.25) is 0 Å². The second-order valence-electron chi connectivity index (χ2n) is 16.1. The van der Waals surface area contributed by atoms with Crippen molar-refractivity contribution in [1.29, 1.82) is 0 Å². The highest BCUT2D eigenvalue weighted by atomic mass is 16.5. The molecule has 64 heavy (non-hydrogen) atoms. The Balaban J connectivity index is 1.36. The minimum absolute atomic E-state index is 0.0807. The molecule has 2 atom stereocenters. The summed E-state index contributed by atoms with van der Waals surface area (Å²) in [4.78, 5) is 71.2. The van der Waals surface area contributed by atoms with Crippen molar-refractivity contribution in [2.24, 2.45) is 5.92 Å². The Bertz CT molecular complexity index is 3010. The minimum Gasteiger partial charge on any atom is -0.469 e. The number of allylic oxidation sites excluding steroid dienone is 5. The quantitative estimate of drug-likeness (QED) is 0.0966. The van der Waals surface area contributed by atoms with E-state index in [0.29, 0.717) is 69.2 Å². The van der Waals surface area contributed by atoms with Crippen LogP contribution in [0.4, 0.5) is 0 Å². The van der Waals surface area contributed by atoms with E-state index >= 15 is 0 Å². The van der Waals surface area contributed by atoms with E-state index < -0.39 is 29.2 Å². The van der Waals surface area contributed by atoms with E-state index in [4.69, 9.17) is 28.9 Å². The lowest BCUT2D eigenvalue weighted by molar-refractivity contribution is -0.149. The van der Waals surface area contributed by atoms with Crippen LogP contribution in [0.1, 0.15) is 78.1 Å². The Morgan fingerprint density at radius 3 is 1.92 bits per heavy atom. The van der Waals surface area contributed by atoms with E-state index in [2.05, 4.69) is 16.5 Å². The number of aromatic amines is 2. The minimum atomic E-state index is -1.18. The van der Waals surface area contributed by atoms with Crippen LogP contribution in [0.25, 0.3) is 44.9 Å². The standard InChI is InChI=1S/C52H48N4O8/c1-8-34-29(2)39-25-40-30(3)35(20-23-47(57)63-32-15-11-9-12-16-32)42(53-40)27-43-36(21-24-48(58)64-33-17-13-10-14-18-33)31(4)41(54-43)26-45-38-22-19-37(50(59)61-6)49(51(60)62-7)52(38,5)46(56-45)28-44(34)55-39/h8-19,22,25-28,49,54-55H,1,20-21,23-24H2,2-7H3/t49-,52+/m0/s1. The maximum Gasteiger partial charge on any atom is 0.334 e. The Morgan fingerprint density at radius 1 is 0.703 bits per heavy atom. The zero-order valence-corrected chi connectivity index (χ0v) is 36.6. The number of H-pyrrole nitrogens is 2. The lowest BCUT2D eigenvalue weighted by atomic mass is 9.64. The van der Waals surface area contributed by atoms with Gasteiger partial charge in [-0.05, 0) is 122 Å². The van der Waals surface area contributed by atoms with Gasteiger partial charge in [-0.1, -0.05) is 61.2 Å². The van der Waals surface area contributed by atoms with Crippen molar-refractivity contribution in [3.05, 3.63) is 154 Å². The first-order valence-electron chi connectivity index (χ1n) is 21.0. The first kappa shape index (κ1) is 43.1. The molecule has 8 rings (SSSR count). The summed E-state index contributed by atoms with van der Waals surface area (Å²) in [7, 11) is 2.57. The van der Waals surface area contributed by atoms with Crippen LogP contribution < -0.4 is 9.47 Å². The third-order valence-corrected chi connectivity index (χ3v) is 12.4. The predicted molar refractivity (Wildman–Crippen MR) is 246 cm³/mol. The molecule has 2 N–H and O–H groups in total. The molecule has 0 saturated carbocycles. The van der Waals surface area contributed by atoms with Crippen LogP contribution in [0.15, 0.2) is 109 Å². The van der Waals surface area contributed by atoms with Gasteiger partial charge >= 0.3 is 23.9 Å². The smallest absolute Gasteiger partial charge is 0.334 e. The number of benzene rings is 2. The summed E-state index contributed by atoms with van der Waals surface area (Å²) in [6.45, 7) is 12.0. The number of ether oxygens (including phenoxy) is 4. The van der Waals surface area contributed by atoms with Gasteiger partial charge in [0.25, 0.3) is 0 Å². The molecule has 0 fully saturated rings. The zero-order valence-electron chi connectivity index (χ0n) is 36.6. The number of methoxy groups -OCH3 is 2. The Kier molecular flexibility index (Phi) is 11.9. The Hall–Kier alpha value is -7.60. The third-order valence-electron chi connectivity index (χ3n) is 12.4. The van der Waals surface area contributed by atoms with E-state index in [1.165, 1.54) is 14.2 Å². The first-order valence-corrected chi connectivity index (χ1v) is 21.0. The Morgan fingerprint density at radius 2 is 1.30 bits per heavy atom. The predicted octanol–water partition coefficient (Wildman–Crippen LogP) is 9.67. The van der Waals surface area contributed by atoms with Crippen molar-refractivity contribution in [3.8, 4) is 11.5 Å². The van der Waals surface area contributed by atoms with E-state index in [9.17, 15) is 19.2 Å². The fourth-order valence-corrected chi connectivity index (χ4v) is 8.92.